The third kappa shape index (κ3) is 8.52. The average Bonchev–Trinajstić information content (AvgIpc) is 3.07. The molecule has 0 atom stereocenters. The quantitative estimate of drug-likeness (QED) is 0.163. The standard InChI is InChI=1S/C35H32ClF3N2O5S/c36-31-15-14-28(34(43)46-24-33(42)40-18-16-26(17-19-40)20-25-8-3-1-4-9-25)21-32(31)47(44,45)41(23-27-10-5-2-6-11-27)30-13-7-12-29(22-30)35(37,38)39/h1-15,21-22,26H,16-20,23-24H2. The van der Waals surface area contributed by atoms with E-state index in [0.29, 0.717) is 24.6 Å². The molecule has 1 saturated heterocycles. The number of piperidine rings is 1. The zero-order valence-corrected chi connectivity index (χ0v) is 26.8. The number of ether oxygens (including phenoxy) is 1. The van der Waals surface area contributed by atoms with E-state index in [1.54, 1.807) is 35.2 Å². The molecule has 1 aliphatic rings. The van der Waals surface area contributed by atoms with Gasteiger partial charge in [0.25, 0.3) is 15.9 Å². The second-order valence-electron chi connectivity index (χ2n) is 11.3. The fourth-order valence-electron chi connectivity index (χ4n) is 5.48. The Balaban J connectivity index is 1.30. The van der Waals surface area contributed by atoms with Crippen LogP contribution < -0.4 is 4.31 Å². The third-order valence-electron chi connectivity index (χ3n) is 8.03. The molecule has 12 heteroatoms. The van der Waals surface area contributed by atoms with E-state index in [4.69, 9.17) is 16.3 Å². The number of carbonyl (C=O) groups is 2. The zero-order valence-electron chi connectivity index (χ0n) is 25.2. The number of benzene rings is 4. The van der Waals surface area contributed by atoms with Gasteiger partial charge in [-0.05, 0) is 72.7 Å². The predicted molar refractivity (Wildman–Crippen MR) is 172 cm³/mol. The van der Waals surface area contributed by atoms with Crippen LogP contribution in [-0.4, -0.2) is 44.9 Å². The number of nitrogens with zero attached hydrogens (tertiary/aromatic N) is 2. The number of alkyl halides is 3. The summed E-state index contributed by atoms with van der Waals surface area (Å²) in [6.45, 7) is 0.220. The zero-order chi connectivity index (χ0) is 33.6. The molecule has 7 nitrogen and oxygen atoms in total. The number of hydrogen-bond acceptors (Lipinski definition) is 5. The van der Waals surface area contributed by atoms with Crippen molar-refractivity contribution < 1.29 is 35.9 Å². The van der Waals surface area contributed by atoms with Crippen LogP contribution in [0.25, 0.3) is 0 Å². The molecule has 1 aliphatic heterocycles. The van der Waals surface area contributed by atoms with Crippen LogP contribution in [0.2, 0.25) is 5.02 Å². The van der Waals surface area contributed by atoms with Crippen molar-refractivity contribution in [1.82, 2.24) is 4.90 Å². The van der Waals surface area contributed by atoms with Crippen LogP contribution in [0.4, 0.5) is 18.9 Å². The van der Waals surface area contributed by atoms with Crippen molar-refractivity contribution in [3.8, 4) is 0 Å². The number of amides is 1. The van der Waals surface area contributed by atoms with Gasteiger partial charge in [-0.1, -0.05) is 78.3 Å². The van der Waals surface area contributed by atoms with Gasteiger partial charge >= 0.3 is 12.1 Å². The first kappa shape index (κ1) is 34.0. The molecule has 0 unspecified atom stereocenters. The van der Waals surface area contributed by atoms with Crippen molar-refractivity contribution in [3.63, 3.8) is 0 Å². The SMILES string of the molecule is O=C(OCC(=O)N1CCC(Cc2ccccc2)CC1)c1ccc(Cl)c(S(=O)(=O)N(Cc2ccccc2)c2cccc(C(F)(F)F)c2)c1. The molecule has 47 heavy (non-hydrogen) atoms. The molecule has 4 aromatic carbocycles. The van der Waals surface area contributed by atoms with E-state index in [1.807, 2.05) is 18.2 Å². The molecule has 4 aromatic rings. The van der Waals surface area contributed by atoms with Gasteiger partial charge in [0.05, 0.1) is 28.4 Å². The van der Waals surface area contributed by atoms with Gasteiger partial charge in [0.1, 0.15) is 4.90 Å². The Kier molecular flexibility index (Phi) is 10.6. The van der Waals surface area contributed by atoms with Gasteiger partial charge in [-0.15, -0.1) is 0 Å². The van der Waals surface area contributed by atoms with Crippen LogP contribution in [0, 0.1) is 5.92 Å². The Morgan fingerprint density at radius 1 is 0.851 bits per heavy atom. The van der Waals surface area contributed by atoms with E-state index in [0.717, 1.165) is 47.8 Å². The summed E-state index contributed by atoms with van der Waals surface area (Å²) in [7, 11) is -4.63. The molecule has 246 valence electrons. The molecule has 1 amide bonds. The Labute approximate surface area is 276 Å². The smallest absolute Gasteiger partial charge is 0.416 e. The topological polar surface area (TPSA) is 84.0 Å². The van der Waals surface area contributed by atoms with Crippen molar-refractivity contribution in [2.24, 2.45) is 5.92 Å². The van der Waals surface area contributed by atoms with Crippen molar-refractivity contribution >= 4 is 39.2 Å². The summed E-state index contributed by atoms with van der Waals surface area (Å²) >= 11 is 6.32. The molecule has 1 fully saturated rings. The lowest BCUT2D eigenvalue weighted by Gasteiger charge is -2.32. The van der Waals surface area contributed by atoms with Crippen LogP contribution in [-0.2, 0) is 38.7 Å². The number of likely N-dealkylation sites (tertiary alicyclic amines) is 1. The average molecular weight is 685 g/mol. The van der Waals surface area contributed by atoms with Crippen molar-refractivity contribution in [1.29, 1.82) is 0 Å². The normalized spacial score (nSPS) is 14.1. The molecule has 0 radical (unpaired) electrons. The van der Waals surface area contributed by atoms with E-state index in [1.165, 1.54) is 23.8 Å². The fraction of sp³-hybridized carbons (Fsp3) is 0.257. The number of halogens is 4. The van der Waals surface area contributed by atoms with Crippen LogP contribution in [0.3, 0.4) is 0 Å². The Bertz CT molecular complexity index is 1810. The highest BCUT2D eigenvalue weighted by Crippen LogP contribution is 2.35. The number of hydrogen-bond donors (Lipinski definition) is 0. The van der Waals surface area contributed by atoms with Gasteiger partial charge in [-0.25, -0.2) is 13.2 Å². The highest BCUT2D eigenvalue weighted by Gasteiger charge is 2.34. The largest absolute Gasteiger partial charge is 0.452 e. The number of sulfonamides is 1. The summed E-state index contributed by atoms with van der Waals surface area (Å²) < 4.78 is 74.9. The maximum absolute atomic E-state index is 14.1. The van der Waals surface area contributed by atoms with E-state index >= 15 is 0 Å². The minimum absolute atomic E-state index is 0.189. The summed E-state index contributed by atoms with van der Waals surface area (Å²) in [5.74, 6) is -0.869. The molecular formula is C35H32ClF3N2O5S. The van der Waals surface area contributed by atoms with Gasteiger partial charge in [-0.2, -0.15) is 13.2 Å². The molecule has 0 aliphatic carbocycles. The van der Waals surface area contributed by atoms with Crippen LogP contribution >= 0.6 is 11.6 Å². The number of esters is 1. The molecular weight excluding hydrogens is 653 g/mol. The fourth-order valence-corrected chi connectivity index (χ4v) is 7.43. The number of carbonyl (C=O) groups excluding carboxylic acids is 2. The predicted octanol–water partition coefficient (Wildman–Crippen LogP) is 7.39. The Hall–Kier alpha value is -4.35. The summed E-state index contributed by atoms with van der Waals surface area (Å²) in [5.41, 5.74) is 0.282. The molecule has 0 spiro atoms. The van der Waals surface area contributed by atoms with Gasteiger partial charge in [0.15, 0.2) is 6.61 Å². The highest BCUT2D eigenvalue weighted by atomic mass is 35.5. The summed E-state index contributed by atoms with van der Waals surface area (Å²) in [4.78, 5) is 27.0. The van der Waals surface area contributed by atoms with Crippen molar-refractivity contribution in [2.75, 3.05) is 24.0 Å². The molecule has 1 heterocycles. The summed E-state index contributed by atoms with van der Waals surface area (Å²) in [6, 6.07) is 25.9. The van der Waals surface area contributed by atoms with Gasteiger partial charge < -0.3 is 9.64 Å². The molecule has 0 saturated carbocycles. The first-order chi connectivity index (χ1) is 22.4. The van der Waals surface area contributed by atoms with E-state index in [-0.39, 0.29) is 28.7 Å². The van der Waals surface area contributed by atoms with E-state index < -0.39 is 39.2 Å². The molecule has 0 aromatic heterocycles. The van der Waals surface area contributed by atoms with Crippen molar-refractivity contribution in [3.05, 3.63) is 130 Å². The van der Waals surface area contributed by atoms with E-state index in [9.17, 15) is 31.2 Å². The van der Waals surface area contributed by atoms with E-state index in [2.05, 4.69) is 12.1 Å². The number of anilines is 1. The Morgan fingerprint density at radius 2 is 1.49 bits per heavy atom. The lowest BCUT2D eigenvalue weighted by molar-refractivity contribution is -0.137. The van der Waals surface area contributed by atoms with Crippen LogP contribution in [0.1, 0.15) is 39.9 Å². The molecule has 5 rings (SSSR count). The lowest BCUT2D eigenvalue weighted by Crippen LogP contribution is -2.41. The minimum Gasteiger partial charge on any atom is -0.452 e. The minimum atomic E-state index is -4.71. The van der Waals surface area contributed by atoms with Crippen LogP contribution in [0.15, 0.2) is 108 Å². The highest BCUT2D eigenvalue weighted by molar-refractivity contribution is 7.93. The van der Waals surface area contributed by atoms with Gasteiger partial charge in [0, 0.05) is 13.1 Å². The third-order valence-corrected chi connectivity index (χ3v) is 10.3. The van der Waals surface area contributed by atoms with Crippen LogP contribution in [0.5, 0.6) is 0 Å². The first-order valence-electron chi connectivity index (χ1n) is 14.9. The lowest BCUT2D eigenvalue weighted by atomic mass is 9.90. The monoisotopic (exact) mass is 684 g/mol. The summed E-state index contributed by atoms with van der Waals surface area (Å²) in [5, 5.41) is -0.249. The summed E-state index contributed by atoms with van der Waals surface area (Å²) in [6.07, 6.45) is -2.15. The molecule has 0 bridgehead atoms. The van der Waals surface area contributed by atoms with Gasteiger partial charge in [0.2, 0.25) is 0 Å². The molecule has 0 N–H and O–H groups in total. The van der Waals surface area contributed by atoms with Crippen molar-refractivity contribution in [2.45, 2.75) is 36.9 Å². The second kappa shape index (κ2) is 14.6. The maximum Gasteiger partial charge on any atom is 0.416 e. The Morgan fingerprint density at radius 3 is 2.13 bits per heavy atom. The first-order valence-corrected chi connectivity index (χ1v) is 16.8. The second-order valence-corrected chi connectivity index (χ2v) is 13.5. The van der Waals surface area contributed by atoms with Gasteiger partial charge in [-0.3, -0.25) is 9.10 Å². The number of rotatable bonds is 10. The maximum atomic E-state index is 14.1.